The van der Waals surface area contributed by atoms with E-state index in [0.717, 1.165) is 31.3 Å². The Morgan fingerprint density at radius 2 is 1.92 bits per heavy atom. The molecule has 3 unspecified atom stereocenters. The van der Waals surface area contributed by atoms with Crippen molar-refractivity contribution < 1.29 is 19.4 Å². The molecular weight excluding hydrogens is 328 g/mol. The van der Waals surface area contributed by atoms with E-state index < -0.39 is 5.97 Å². The van der Waals surface area contributed by atoms with Gasteiger partial charge in [-0.3, -0.25) is 9.59 Å². The van der Waals surface area contributed by atoms with Crippen molar-refractivity contribution in [2.24, 2.45) is 22.2 Å². The smallest absolute Gasteiger partial charge is 0.307 e. The van der Waals surface area contributed by atoms with Gasteiger partial charge in [0.25, 0.3) is 0 Å². The first-order valence-electron chi connectivity index (χ1n) is 9.67. The second kappa shape index (κ2) is 7.21. The molecule has 1 saturated carbocycles. The minimum atomic E-state index is -0.680. The molecule has 1 fully saturated rings. The van der Waals surface area contributed by atoms with Crippen LogP contribution in [0.2, 0.25) is 0 Å². The summed E-state index contributed by atoms with van der Waals surface area (Å²) in [7, 11) is 0. The summed E-state index contributed by atoms with van der Waals surface area (Å²) in [5.74, 6) is -1.31. The highest BCUT2D eigenvalue weighted by Gasteiger charge is 2.64. The van der Waals surface area contributed by atoms with Gasteiger partial charge in [0.15, 0.2) is 0 Å². The van der Waals surface area contributed by atoms with Crippen molar-refractivity contribution >= 4 is 11.9 Å². The molecule has 0 saturated heterocycles. The second-order valence-corrected chi connectivity index (χ2v) is 9.16. The Kier molecular flexibility index (Phi) is 5.74. The fourth-order valence-electron chi connectivity index (χ4n) is 5.39. The first-order chi connectivity index (χ1) is 12.0. The van der Waals surface area contributed by atoms with E-state index in [4.69, 9.17) is 4.74 Å². The van der Waals surface area contributed by atoms with E-state index in [1.165, 1.54) is 12.5 Å². The van der Waals surface area contributed by atoms with Crippen LogP contribution in [0.1, 0.15) is 73.6 Å². The fourth-order valence-corrected chi connectivity index (χ4v) is 5.39. The van der Waals surface area contributed by atoms with E-state index in [2.05, 4.69) is 39.8 Å². The van der Waals surface area contributed by atoms with Crippen molar-refractivity contribution in [3.05, 3.63) is 23.3 Å². The molecule has 0 aromatic rings. The number of carboxylic acid groups (broad SMARTS) is 1. The van der Waals surface area contributed by atoms with Gasteiger partial charge in [-0.2, -0.15) is 0 Å². The lowest BCUT2D eigenvalue weighted by Crippen LogP contribution is -2.50. The molecule has 0 radical (unpaired) electrons. The molecule has 4 nitrogen and oxygen atoms in total. The van der Waals surface area contributed by atoms with Crippen LogP contribution in [-0.4, -0.2) is 23.7 Å². The summed E-state index contributed by atoms with van der Waals surface area (Å²) in [5.41, 5.74) is 2.01. The van der Waals surface area contributed by atoms with Crippen molar-refractivity contribution in [1.82, 2.24) is 0 Å². The third-order valence-corrected chi connectivity index (χ3v) is 7.45. The van der Waals surface area contributed by atoms with Gasteiger partial charge in [-0.05, 0) is 60.8 Å². The molecule has 1 N–H and O–H groups in total. The molecule has 0 spiro atoms. The fraction of sp³-hybridized carbons (Fsp3) is 0.727. The van der Waals surface area contributed by atoms with E-state index in [-0.39, 0.29) is 28.1 Å². The third-order valence-electron chi connectivity index (χ3n) is 7.45. The van der Waals surface area contributed by atoms with Crippen molar-refractivity contribution in [1.29, 1.82) is 0 Å². The van der Waals surface area contributed by atoms with Crippen LogP contribution in [0.25, 0.3) is 0 Å². The first-order valence-corrected chi connectivity index (χ1v) is 9.67. The zero-order valence-corrected chi connectivity index (χ0v) is 17.1. The monoisotopic (exact) mass is 362 g/mol. The van der Waals surface area contributed by atoms with Gasteiger partial charge in [0.05, 0.1) is 5.92 Å². The van der Waals surface area contributed by atoms with Crippen molar-refractivity contribution in [3.8, 4) is 0 Å². The second-order valence-electron chi connectivity index (χ2n) is 9.16. The maximum absolute atomic E-state index is 12.1. The molecule has 4 heteroatoms. The lowest BCUT2D eigenvalue weighted by molar-refractivity contribution is -0.150. The van der Waals surface area contributed by atoms with Crippen molar-refractivity contribution in [3.63, 3.8) is 0 Å². The molecule has 0 bridgehead atoms. The minimum absolute atomic E-state index is 0.0759. The van der Waals surface area contributed by atoms with Gasteiger partial charge in [-0.15, -0.1) is 0 Å². The predicted octanol–water partition coefficient (Wildman–Crippen LogP) is 5.14. The van der Waals surface area contributed by atoms with Gasteiger partial charge < -0.3 is 9.84 Å². The summed E-state index contributed by atoms with van der Waals surface area (Å²) in [4.78, 5) is 23.0. The molecule has 2 aliphatic rings. The lowest BCUT2D eigenvalue weighted by Gasteiger charge is -2.55. The van der Waals surface area contributed by atoms with Gasteiger partial charge in [0, 0.05) is 6.92 Å². The highest BCUT2D eigenvalue weighted by molar-refractivity contribution is 5.73. The number of hydrogen-bond acceptors (Lipinski definition) is 3. The van der Waals surface area contributed by atoms with Crippen LogP contribution in [0.15, 0.2) is 23.3 Å². The van der Waals surface area contributed by atoms with Crippen LogP contribution >= 0.6 is 0 Å². The number of carbonyl (C=O) groups excluding carboxylic acids is 1. The van der Waals surface area contributed by atoms with E-state index in [0.29, 0.717) is 13.0 Å². The van der Waals surface area contributed by atoms with Gasteiger partial charge >= 0.3 is 11.9 Å². The number of fused-ring (bicyclic) bond motifs is 1. The Labute approximate surface area is 157 Å². The molecule has 0 heterocycles. The SMILES string of the molecule is CC(=O)OCC(C)=CCCC1(C)C(C(=O)O)CC2=CCCC(C)(C)C21C. The van der Waals surface area contributed by atoms with E-state index in [1.807, 2.05) is 6.92 Å². The lowest BCUT2D eigenvalue weighted by atomic mass is 9.48. The zero-order chi connectivity index (χ0) is 19.8. The highest BCUT2D eigenvalue weighted by atomic mass is 16.5. The Morgan fingerprint density at radius 1 is 1.27 bits per heavy atom. The van der Waals surface area contributed by atoms with Gasteiger partial charge in [0.2, 0.25) is 0 Å². The topological polar surface area (TPSA) is 63.6 Å². The van der Waals surface area contributed by atoms with Crippen LogP contribution in [-0.2, 0) is 14.3 Å². The van der Waals surface area contributed by atoms with E-state index in [9.17, 15) is 14.7 Å². The molecule has 0 aromatic heterocycles. The molecule has 2 rings (SSSR count). The van der Waals surface area contributed by atoms with Crippen molar-refractivity contribution in [2.45, 2.75) is 73.6 Å². The Hall–Kier alpha value is -1.58. The molecular formula is C22H34O4. The molecule has 146 valence electrons. The summed E-state index contributed by atoms with van der Waals surface area (Å²) in [5, 5.41) is 9.93. The largest absolute Gasteiger partial charge is 0.481 e. The van der Waals surface area contributed by atoms with Gasteiger partial charge in [-0.25, -0.2) is 0 Å². The number of hydrogen-bond donors (Lipinski definition) is 1. The van der Waals surface area contributed by atoms with Gasteiger partial charge in [0.1, 0.15) is 6.61 Å². The highest BCUT2D eigenvalue weighted by Crippen LogP contribution is 2.70. The van der Waals surface area contributed by atoms with E-state index >= 15 is 0 Å². The molecule has 0 aliphatic heterocycles. The standard InChI is InChI=1S/C22H34O4/c1-15(14-26-16(2)23)9-7-12-21(5)18(19(24)25)13-17-10-8-11-20(3,4)22(17,21)6/h9-10,18H,7-8,11-14H2,1-6H3,(H,24,25). The Bertz CT molecular complexity index is 643. The van der Waals surface area contributed by atoms with Crippen LogP contribution < -0.4 is 0 Å². The van der Waals surface area contributed by atoms with Crippen LogP contribution in [0.5, 0.6) is 0 Å². The van der Waals surface area contributed by atoms with E-state index in [1.54, 1.807) is 0 Å². The summed E-state index contributed by atoms with van der Waals surface area (Å²) >= 11 is 0. The third kappa shape index (κ3) is 3.35. The summed E-state index contributed by atoms with van der Waals surface area (Å²) < 4.78 is 5.04. The maximum atomic E-state index is 12.1. The number of carboxylic acids is 1. The number of rotatable bonds is 6. The molecule has 2 aliphatic carbocycles. The number of aliphatic carboxylic acids is 1. The molecule has 3 atom stereocenters. The van der Waals surface area contributed by atoms with Crippen LogP contribution in [0.4, 0.5) is 0 Å². The predicted molar refractivity (Wildman–Crippen MR) is 103 cm³/mol. The number of esters is 1. The summed E-state index contributed by atoms with van der Waals surface area (Å²) in [6, 6.07) is 0. The normalized spacial score (nSPS) is 33.4. The minimum Gasteiger partial charge on any atom is -0.481 e. The van der Waals surface area contributed by atoms with Crippen LogP contribution in [0.3, 0.4) is 0 Å². The molecule has 26 heavy (non-hydrogen) atoms. The molecule has 0 amide bonds. The first kappa shape index (κ1) is 20.7. The Balaban J connectivity index is 2.27. The average molecular weight is 363 g/mol. The van der Waals surface area contributed by atoms with Crippen LogP contribution in [0, 0.1) is 22.2 Å². The van der Waals surface area contributed by atoms with Crippen molar-refractivity contribution in [2.75, 3.05) is 6.61 Å². The summed E-state index contributed by atoms with van der Waals surface area (Å²) in [6.07, 6.45) is 8.81. The zero-order valence-electron chi connectivity index (χ0n) is 17.1. The average Bonchev–Trinajstić information content (AvgIpc) is 2.76. The van der Waals surface area contributed by atoms with Gasteiger partial charge in [-0.1, -0.05) is 45.4 Å². The summed E-state index contributed by atoms with van der Waals surface area (Å²) in [6.45, 7) is 12.7. The maximum Gasteiger partial charge on any atom is 0.307 e. The molecule has 0 aromatic carbocycles. The number of carbonyl (C=O) groups is 2. The number of ether oxygens (including phenoxy) is 1. The quantitative estimate of drug-likeness (QED) is 0.525. The Morgan fingerprint density at radius 3 is 2.50 bits per heavy atom. The number of allylic oxidation sites excluding steroid dienone is 3.